The lowest BCUT2D eigenvalue weighted by molar-refractivity contribution is -0.137. The summed E-state index contributed by atoms with van der Waals surface area (Å²) in [5.74, 6) is -2.06. The summed E-state index contributed by atoms with van der Waals surface area (Å²) >= 11 is 0. The second-order valence-corrected chi connectivity index (χ2v) is 15.2. The monoisotopic (exact) mass is 881 g/mol. The Labute approximate surface area is 344 Å². The fourth-order valence-electron chi connectivity index (χ4n) is 6.63. The summed E-state index contributed by atoms with van der Waals surface area (Å²) in [5, 5.41) is 15.3. The summed E-state index contributed by atoms with van der Waals surface area (Å²) in [7, 11) is -9.39. The number of pyridine rings is 1. The minimum Gasteiger partial charge on any atom is -0.481 e. The molecule has 314 valence electrons. The van der Waals surface area contributed by atoms with Crippen LogP contribution < -0.4 is 16.2 Å². The first-order valence-corrected chi connectivity index (χ1v) is 21.1. The van der Waals surface area contributed by atoms with E-state index in [1.54, 1.807) is 66.7 Å². The molecule has 1 heterocycles. The molecule has 0 saturated heterocycles. The van der Waals surface area contributed by atoms with Gasteiger partial charge in [-0.25, -0.2) is 0 Å². The molecule has 4 aromatic carbocycles. The van der Waals surface area contributed by atoms with Crippen LogP contribution in [0.15, 0.2) is 94.6 Å². The molecule has 1 aliphatic rings. The molecule has 0 fully saturated rings. The highest BCUT2D eigenvalue weighted by molar-refractivity contribution is 7.85. The van der Waals surface area contributed by atoms with Crippen molar-refractivity contribution in [3.8, 4) is 11.1 Å². The van der Waals surface area contributed by atoms with Crippen LogP contribution in [0.1, 0.15) is 63.1 Å². The van der Waals surface area contributed by atoms with Crippen molar-refractivity contribution < 1.29 is 62.5 Å². The zero-order valence-electron chi connectivity index (χ0n) is 31.4. The SMILES string of the molecule is Cn1c(=O)c(C(=O)c2ccccc2)c2c3c(c(Nc4ccc(S(=O)(=O)O)c(CC(=O)CNCCCCCC(=O)O)c4)ccc31)C(=O)c1ccccc1-2.O=S(=O)=O.O=S(=O)=O. The first-order chi connectivity index (χ1) is 28.3. The van der Waals surface area contributed by atoms with Crippen molar-refractivity contribution in [2.45, 2.75) is 37.0 Å². The van der Waals surface area contributed by atoms with E-state index in [4.69, 9.17) is 30.4 Å². The molecule has 18 nitrogen and oxygen atoms in total. The first kappa shape index (κ1) is 46.2. The molecule has 5 aromatic rings. The number of hydrogen-bond acceptors (Lipinski definition) is 15. The Morgan fingerprint density at radius 3 is 2.00 bits per heavy atom. The average molecular weight is 882 g/mol. The lowest BCUT2D eigenvalue weighted by atomic mass is 9.80. The third-order valence-corrected chi connectivity index (χ3v) is 10.0. The Morgan fingerprint density at radius 2 is 1.38 bits per heavy atom. The highest BCUT2D eigenvalue weighted by atomic mass is 32.2. The fraction of sp³-hybridized carbons (Fsp3) is 0.205. The zero-order valence-corrected chi connectivity index (χ0v) is 33.9. The number of benzene rings is 4. The summed E-state index contributed by atoms with van der Waals surface area (Å²) in [6.45, 7) is 0.391. The van der Waals surface area contributed by atoms with Gasteiger partial charge in [0.15, 0.2) is 17.3 Å². The first-order valence-electron chi connectivity index (χ1n) is 17.6. The maximum absolute atomic E-state index is 14.3. The Balaban J connectivity index is 0.000000911. The number of hydrogen-bond donors (Lipinski definition) is 4. The molecule has 0 amide bonds. The maximum Gasteiger partial charge on any atom is 0.425 e. The Bertz CT molecular complexity index is 2870. The molecule has 6 rings (SSSR count). The Hall–Kier alpha value is -6.52. The molecule has 1 aromatic heterocycles. The standard InChI is InChI=1S/C39H35N3O9S.2O3S/c1-42-30-17-16-29(41-25-15-18-31(52(49,50)51)24(20-25)21-26(43)22-40-19-9-3-6-14-32(44)45)34-35(30)33(27-12-7-8-13-28(27)38(34)47)36(39(42)48)37(46)23-10-4-2-5-11-23;2*1-4(2)3/h2,4-5,7-8,10-13,15-18,20,40-41H,3,6,9,14,19,21-22H2,1H3,(H,44,45)(H,49,50,51);;. The van der Waals surface area contributed by atoms with Crippen LogP contribution >= 0.6 is 0 Å². The number of aryl methyl sites for hydroxylation is 1. The molecule has 0 bridgehead atoms. The van der Waals surface area contributed by atoms with E-state index in [-0.39, 0.29) is 47.6 Å². The van der Waals surface area contributed by atoms with Crippen LogP contribution in [0.25, 0.3) is 22.0 Å². The summed E-state index contributed by atoms with van der Waals surface area (Å²) < 4.78 is 86.5. The van der Waals surface area contributed by atoms with Gasteiger partial charge in [0, 0.05) is 47.7 Å². The van der Waals surface area contributed by atoms with Crippen LogP contribution in [0, 0.1) is 0 Å². The topological polar surface area (TPSA) is 291 Å². The number of nitrogens with zero attached hydrogens (tertiary/aromatic N) is 1. The molecular weight excluding hydrogens is 847 g/mol. The van der Waals surface area contributed by atoms with Gasteiger partial charge >= 0.3 is 27.2 Å². The molecular formula is C39H35N3O15S3. The second kappa shape index (κ2) is 20.4. The molecule has 21 heteroatoms. The van der Waals surface area contributed by atoms with Crippen LogP contribution in [-0.4, -0.2) is 84.3 Å². The number of carboxylic acid groups (broad SMARTS) is 1. The average Bonchev–Trinajstić information content (AvgIpc) is 3.17. The van der Waals surface area contributed by atoms with Crippen LogP contribution in [0.3, 0.4) is 0 Å². The summed E-state index contributed by atoms with van der Waals surface area (Å²) in [5.41, 5.74) is 2.09. The number of fused-ring (bicyclic) bond motifs is 2. The fourth-order valence-corrected chi connectivity index (χ4v) is 7.33. The van der Waals surface area contributed by atoms with Gasteiger partial charge in [-0.2, -0.15) is 8.42 Å². The molecule has 1 aliphatic carbocycles. The number of aliphatic carboxylic acids is 1. The van der Waals surface area contributed by atoms with Crippen molar-refractivity contribution in [1.82, 2.24) is 9.88 Å². The number of nitrogens with one attached hydrogen (secondary N) is 2. The van der Waals surface area contributed by atoms with E-state index in [0.717, 1.165) is 0 Å². The van der Waals surface area contributed by atoms with Gasteiger partial charge in [0.05, 0.1) is 33.8 Å². The molecule has 0 atom stereocenters. The van der Waals surface area contributed by atoms with Gasteiger partial charge in [0.25, 0.3) is 15.7 Å². The highest BCUT2D eigenvalue weighted by Crippen LogP contribution is 2.44. The Kier molecular flexibility index (Phi) is 15.7. The predicted octanol–water partition coefficient (Wildman–Crippen LogP) is 3.31. The number of anilines is 2. The van der Waals surface area contributed by atoms with E-state index in [2.05, 4.69) is 10.6 Å². The number of ketones is 3. The van der Waals surface area contributed by atoms with Crippen molar-refractivity contribution >= 4 is 76.9 Å². The molecule has 4 N–H and O–H groups in total. The Morgan fingerprint density at radius 1 is 0.767 bits per heavy atom. The minimum atomic E-state index is -4.70. The number of Topliss-reactive ketones (excluding diaryl/α,β-unsaturated/α-hetero) is 1. The normalized spacial score (nSPS) is 11.3. The second-order valence-electron chi connectivity index (χ2n) is 13.0. The predicted molar refractivity (Wildman–Crippen MR) is 215 cm³/mol. The van der Waals surface area contributed by atoms with Gasteiger partial charge in [0.1, 0.15) is 0 Å². The molecule has 0 unspecified atom stereocenters. The molecule has 0 radical (unpaired) electrons. The molecule has 60 heavy (non-hydrogen) atoms. The third-order valence-electron chi connectivity index (χ3n) is 9.07. The summed E-state index contributed by atoms with van der Waals surface area (Å²) in [6.07, 6.45) is 1.59. The van der Waals surface area contributed by atoms with Gasteiger partial charge in [-0.05, 0) is 60.8 Å². The molecule has 0 saturated carbocycles. The van der Waals surface area contributed by atoms with Crippen molar-refractivity contribution in [2.24, 2.45) is 7.05 Å². The van der Waals surface area contributed by atoms with Crippen LogP contribution in [-0.2, 0) is 54.4 Å². The zero-order chi connectivity index (χ0) is 44.3. The van der Waals surface area contributed by atoms with Gasteiger partial charge in [-0.15, -0.1) is 25.3 Å². The van der Waals surface area contributed by atoms with Gasteiger partial charge in [0.2, 0.25) is 0 Å². The number of carbonyl (C=O) groups excluding carboxylic acids is 3. The molecule has 0 spiro atoms. The van der Waals surface area contributed by atoms with Crippen molar-refractivity contribution in [2.75, 3.05) is 18.4 Å². The van der Waals surface area contributed by atoms with Gasteiger partial charge < -0.3 is 20.3 Å². The smallest absolute Gasteiger partial charge is 0.425 e. The number of carbonyl (C=O) groups is 4. The van der Waals surface area contributed by atoms with E-state index in [9.17, 15) is 36.9 Å². The number of carboxylic acids is 1. The highest BCUT2D eigenvalue weighted by Gasteiger charge is 2.34. The third kappa shape index (κ3) is 11.6. The van der Waals surface area contributed by atoms with Crippen molar-refractivity contribution in [3.05, 3.63) is 123 Å². The van der Waals surface area contributed by atoms with Crippen molar-refractivity contribution in [3.63, 3.8) is 0 Å². The quantitative estimate of drug-likeness (QED) is 0.0653. The number of rotatable bonds is 15. The summed E-state index contributed by atoms with van der Waals surface area (Å²) in [6, 6.07) is 22.4. The minimum absolute atomic E-state index is 0.0330. The maximum atomic E-state index is 14.3. The van der Waals surface area contributed by atoms with Crippen molar-refractivity contribution in [1.29, 1.82) is 0 Å². The van der Waals surface area contributed by atoms with E-state index in [0.29, 0.717) is 70.3 Å². The van der Waals surface area contributed by atoms with E-state index >= 15 is 0 Å². The van der Waals surface area contributed by atoms with E-state index < -0.39 is 53.5 Å². The number of aromatic nitrogens is 1. The largest absolute Gasteiger partial charge is 0.481 e. The summed E-state index contributed by atoms with van der Waals surface area (Å²) in [4.78, 5) is 65.3. The van der Waals surface area contributed by atoms with E-state index in [1.165, 1.54) is 29.8 Å². The lowest BCUT2D eigenvalue weighted by Gasteiger charge is -2.25. The molecule has 0 aliphatic heterocycles. The van der Waals surface area contributed by atoms with Gasteiger partial charge in [-0.1, -0.05) is 61.0 Å². The van der Waals surface area contributed by atoms with Crippen LogP contribution in [0.4, 0.5) is 11.4 Å². The van der Waals surface area contributed by atoms with Crippen LogP contribution in [0.2, 0.25) is 0 Å². The van der Waals surface area contributed by atoms with Crippen LogP contribution in [0.5, 0.6) is 0 Å². The van der Waals surface area contributed by atoms with E-state index in [1.807, 2.05) is 0 Å². The number of unbranched alkanes of at least 4 members (excludes halogenated alkanes) is 2. The lowest BCUT2D eigenvalue weighted by Crippen LogP contribution is -2.29. The van der Waals surface area contributed by atoms with Gasteiger partial charge in [-0.3, -0.25) is 28.5 Å².